The van der Waals surface area contributed by atoms with Crippen molar-refractivity contribution in [3.05, 3.63) is 80.7 Å². The van der Waals surface area contributed by atoms with E-state index in [0.717, 1.165) is 20.8 Å². The molecule has 0 spiro atoms. The van der Waals surface area contributed by atoms with E-state index in [9.17, 15) is 14.3 Å². The Morgan fingerprint density at radius 2 is 2.00 bits per heavy atom. The minimum absolute atomic E-state index is 0.0447. The molecule has 0 saturated heterocycles. The molecule has 0 saturated carbocycles. The summed E-state index contributed by atoms with van der Waals surface area (Å²) in [5.74, 6) is -0.717. The molecule has 0 aliphatic carbocycles. The summed E-state index contributed by atoms with van der Waals surface area (Å²) in [5.41, 5.74) is 2.40. The number of furan rings is 1. The van der Waals surface area contributed by atoms with Gasteiger partial charge in [0.25, 0.3) is 0 Å². The molecule has 1 N–H and O–H groups in total. The summed E-state index contributed by atoms with van der Waals surface area (Å²) >= 11 is 3.56. The van der Waals surface area contributed by atoms with Crippen LogP contribution in [0.5, 0.6) is 0 Å². The van der Waals surface area contributed by atoms with Gasteiger partial charge in [0.2, 0.25) is 5.55 Å². The van der Waals surface area contributed by atoms with Crippen molar-refractivity contribution in [1.82, 2.24) is 0 Å². The number of aromatic carboxylic acids is 1. The van der Waals surface area contributed by atoms with Crippen LogP contribution in [-0.4, -0.2) is 17.6 Å². The number of rotatable bonds is 3. The predicted molar refractivity (Wildman–Crippen MR) is 98.1 cm³/mol. The molecular weight excluding hydrogens is 401 g/mol. The Hall–Kier alpha value is -2.73. The molecule has 0 radical (unpaired) electrons. The average Bonchev–Trinajstić information content (AvgIpc) is 2.99. The van der Waals surface area contributed by atoms with E-state index < -0.39 is 5.97 Å². The van der Waals surface area contributed by atoms with Gasteiger partial charge in [0, 0.05) is 11.5 Å². The highest BCUT2D eigenvalue weighted by Crippen LogP contribution is 2.27. The molecule has 3 aromatic rings. The molecule has 0 bridgehead atoms. The zero-order valence-corrected chi connectivity index (χ0v) is 15.0. The Morgan fingerprint density at radius 1 is 1.23 bits per heavy atom. The summed E-state index contributed by atoms with van der Waals surface area (Å²) in [6, 6.07) is 12.9. The van der Waals surface area contributed by atoms with Crippen LogP contribution in [0.1, 0.15) is 21.8 Å². The van der Waals surface area contributed by atoms with Crippen LogP contribution in [0, 0.1) is 5.82 Å². The lowest BCUT2D eigenvalue weighted by Gasteiger charge is -2.13. The number of carboxylic acids is 1. The third-order valence-corrected chi connectivity index (χ3v) is 5.12. The van der Waals surface area contributed by atoms with E-state index in [-0.39, 0.29) is 17.3 Å². The molecular formula is C20H13BrFNO3. The monoisotopic (exact) mass is 413 g/mol. The zero-order valence-electron chi connectivity index (χ0n) is 13.4. The van der Waals surface area contributed by atoms with E-state index in [1.807, 2.05) is 12.1 Å². The van der Waals surface area contributed by atoms with Gasteiger partial charge in [-0.3, -0.25) is 0 Å². The lowest BCUT2D eigenvalue weighted by molar-refractivity contribution is 0.0696. The fraction of sp³-hybridized carbons (Fsp3) is 0.100. The number of carboxylic acid groups (broad SMARTS) is 1. The molecule has 1 unspecified atom stereocenters. The van der Waals surface area contributed by atoms with Crippen molar-refractivity contribution in [3.8, 4) is 11.3 Å². The maximum Gasteiger partial charge on any atom is 0.335 e. The van der Waals surface area contributed by atoms with Gasteiger partial charge in [-0.05, 0) is 57.9 Å². The van der Waals surface area contributed by atoms with Gasteiger partial charge in [0.05, 0.1) is 21.8 Å². The molecule has 4 rings (SSSR count). The van der Waals surface area contributed by atoms with E-state index in [0.29, 0.717) is 17.9 Å². The van der Waals surface area contributed by atoms with Crippen LogP contribution in [0.4, 0.5) is 4.39 Å². The summed E-state index contributed by atoms with van der Waals surface area (Å²) in [5, 5.41) is 10.00. The topological polar surface area (TPSA) is 62.8 Å². The van der Waals surface area contributed by atoms with Gasteiger partial charge in [-0.15, -0.1) is 0 Å². The van der Waals surface area contributed by atoms with Crippen molar-refractivity contribution in [1.29, 1.82) is 0 Å². The molecule has 26 heavy (non-hydrogen) atoms. The Morgan fingerprint density at radius 3 is 2.73 bits per heavy atom. The Balaban J connectivity index is 1.78. The van der Waals surface area contributed by atoms with E-state index >= 15 is 0 Å². The molecule has 2 aromatic carbocycles. The molecule has 1 atom stereocenters. The van der Waals surface area contributed by atoms with Gasteiger partial charge in [0.15, 0.2) is 5.76 Å². The number of carbonyl (C=O) groups is 1. The van der Waals surface area contributed by atoms with E-state index in [2.05, 4.69) is 20.9 Å². The normalized spacial score (nSPS) is 15.7. The quantitative estimate of drug-likeness (QED) is 0.711. The second-order valence-corrected chi connectivity index (χ2v) is 6.81. The molecule has 6 heteroatoms. The molecule has 1 aliphatic heterocycles. The summed E-state index contributed by atoms with van der Waals surface area (Å²) in [4.78, 5) is 15.7. The van der Waals surface area contributed by atoms with Crippen LogP contribution in [0.2, 0.25) is 0 Å². The lowest BCUT2D eigenvalue weighted by Crippen LogP contribution is -2.27. The molecule has 130 valence electrons. The SMILES string of the molecule is O=C(O)c1cccc(C2C=c3c(Br)c(-c4ccc(F)cc4)oc3=NC2)c1. The van der Waals surface area contributed by atoms with E-state index in [1.165, 1.54) is 12.1 Å². The molecule has 0 amide bonds. The zero-order chi connectivity index (χ0) is 18.3. The summed E-state index contributed by atoms with van der Waals surface area (Å²) < 4.78 is 19.7. The first-order valence-corrected chi connectivity index (χ1v) is 8.76. The molecule has 1 aromatic heterocycles. The second kappa shape index (κ2) is 6.53. The number of halogens is 2. The van der Waals surface area contributed by atoms with Crippen molar-refractivity contribution in [2.24, 2.45) is 4.99 Å². The highest BCUT2D eigenvalue weighted by Gasteiger charge is 2.19. The fourth-order valence-electron chi connectivity index (χ4n) is 3.00. The smallest absolute Gasteiger partial charge is 0.335 e. The Labute approximate surface area is 156 Å². The van der Waals surface area contributed by atoms with Crippen molar-refractivity contribution >= 4 is 28.0 Å². The molecule has 1 aliphatic rings. The molecule has 2 heterocycles. The molecule has 4 nitrogen and oxygen atoms in total. The van der Waals surface area contributed by atoms with Crippen LogP contribution in [-0.2, 0) is 0 Å². The number of hydrogen-bond acceptors (Lipinski definition) is 3. The summed E-state index contributed by atoms with van der Waals surface area (Å²) in [7, 11) is 0. The van der Waals surface area contributed by atoms with Crippen molar-refractivity contribution in [2.75, 3.05) is 6.54 Å². The van der Waals surface area contributed by atoms with Crippen molar-refractivity contribution < 1.29 is 18.7 Å². The third-order valence-electron chi connectivity index (χ3n) is 4.33. The van der Waals surface area contributed by atoms with Gasteiger partial charge in [-0.25, -0.2) is 14.2 Å². The Bertz CT molecular complexity index is 1120. The van der Waals surface area contributed by atoms with E-state index in [4.69, 9.17) is 4.42 Å². The minimum Gasteiger partial charge on any atom is -0.478 e. The lowest BCUT2D eigenvalue weighted by atomic mass is 9.95. The largest absolute Gasteiger partial charge is 0.478 e. The average molecular weight is 414 g/mol. The summed E-state index contributed by atoms with van der Waals surface area (Å²) in [6.45, 7) is 0.471. The van der Waals surface area contributed by atoms with Crippen molar-refractivity contribution in [2.45, 2.75) is 5.92 Å². The number of fused-ring (bicyclic) bond motifs is 1. The Kier molecular flexibility index (Phi) is 4.20. The van der Waals surface area contributed by atoms with Gasteiger partial charge < -0.3 is 9.52 Å². The first-order chi connectivity index (χ1) is 12.5. The maximum atomic E-state index is 13.1. The fourth-order valence-corrected chi connectivity index (χ4v) is 3.61. The van der Waals surface area contributed by atoms with Crippen LogP contribution < -0.4 is 10.8 Å². The minimum atomic E-state index is -0.955. The van der Waals surface area contributed by atoms with Gasteiger partial charge in [-0.2, -0.15) is 0 Å². The van der Waals surface area contributed by atoms with Gasteiger partial charge in [0.1, 0.15) is 5.82 Å². The maximum absolute atomic E-state index is 13.1. The number of benzene rings is 2. The summed E-state index contributed by atoms with van der Waals surface area (Å²) in [6.07, 6.45) is 2.02. The molecule has 0 fully saturated rings. The highest BCUT2D eigenvalue weighted by atomic mass is 79.9. The third kappa shape index (κ3) is 2.97. The highest BCUT2D eigenvalue weighted by molar-refractivity contribution is 9.10. The standard InChI is InChI=1S/C20H13BrFNO3/c21-17-16-9-14(12-2-1-3-13(8-12)20(24)25)10-23-19(16)26-18(17)11-4-6-15(22)7-5-11/h1-9,14H,10H2,(H,24,25). The van der Waals surface area contributed by atoms with Crippen LogP contribution >= 0.6 is 15.9 Å². The predicted octanol–water partition coefficient (Wildman–Crippen LogP) is 3.74. The van der Waals surface area contributed by atoms with E-state index in [1.54, 1.807) is 30.3 Å². The van der Waals surface area contributed by atoms with Gasteiger partial charge >= 0.3 is 5.97 Å². The first-order valence-electron chi connectivity index (χ1n) is 7.97. The number of nitrogens with zero attached hydrogens (tertiary/aromatic N) is 1. The van der Waals surface area contributed by atoms with Gasteiger partial charge in [-0.1, -0.05) is 18.2 Å². The van der Waals surface area contributed by atoms with Crippen LogP contribution in [0.25, 0.3) is 17.4 Å². The van der Waals surface area contributed by atoms with Crippen molar-refractivity contribution in [3.63, 3.8) is 0 Å². The second-order valence-electron chi connectivity index (χ2n) is 6.02. The number of hydrogen-bond donors (Lipinski definition) is 1. The van der Waals surface area contributed by atoms with Crippen LogP contribution in [0.15, 0.2) is 62.4 Å². The first kappa shape index (κ1) is 16.7. The van der Waals surface area contributed by atoms with Crippen LogP contribution in [0.3, 0.4) is 0 Å².